The molecule has 1 unspecified atom stereocenters. The molecule has 16 heavy (non-hydrogen) atoms. The van der Waals surface area contributed by atoms with Crippen molar-refractivity contribution < 1.29 is 9.53 Å². The van der Waals surface area contributed by atoms with Gasteiger partial charge in [0, 0.05) is 19.5 Å². The van der Waals surface area contributed by atoms with Gasteiger partial charge in [0.2, 0.25) is 5.91 Å². The van der Waals surface area contributed by atoms with E-state index in [4.69, 9.17) is 16.3 Å². The van der Waals surface area contributed by atoms with Crippen LogP contribution in [0.2, 0.25) is 0 Å². The lowest BCUT2D eigenvalue weighted by Gasteiger charge is -2.40. The highest BCUT2D eigenvalue weighted by molar-refractivity contribution is 6.17. The summed E-state index contributed by atoms with van der Waals surface area (Å²) >= 11 is 5.64. The second-order valence-corrected chi connectivity index (χ2v) is 5.18. The lowest BCUT2D eigenvalue weighted by molar-refractivity contribution is -0.134. The Hall–Kier alpha value is -0.280. The van der Waals surface area contributed by atoms with Gasteiger partial charge < -0.3 is 10.1 Å². The normalized spacial score (nSPS) is 19.9. The molecule has 0 spiro atoms. The minimum absolute atomic E-state index is 0.1000. The van der Waals surface area contributed by atoms with Crippen molar-refractivity contribution in [1.82, 2.24) is 5.32 Å². The van der Waals surface area contributed by atoms with Crippen LogP contribution in [-0.2, 0) is 9.53 Å². The Kier molecular flexibility index (Phi) is 5.56. The topological polar surface area (TPSA) is 38.3 Å². The number of hydrogen-bond acceptors (Lipinski definition) is 2. The average molecular weight is 248 g/mol. The first-order valence-electron chi connectivity index (χ1n) is 6.00. The summed E-state index contributed by atoms with van der Waals surface area (Å²) in [6.07, 6.45) is 4.63. The molecule has 0 aliphatic heterocycles. The molecule has 1 fully saturated rings. The van der Waals surface area contributed by atoms with E-state index in [0.29, 0.717) is 24.8 Å². The standard InChI is InChI=1S/C12H22ClNO2/c1-10(4-7-13)9-14-11(15)8-12(16-2)5-3-6-12/h10H,3-9H2,1-2H3,(H,14,15). The van der Waals surface area contributed by atoms with Crippen LogP contribution >= 0.6 is 11.6 Å². The smallest absolute Gasteiger partial charge is 0.222 e. The predicted molar refractivity (Wildman–Crippen MR) is 65.7 cm³/mol. The number of hydrogen-bond donors (Lipinski definition) is 1. The Morgan fingerprint density at radius 3 is 2.69 bits per heavy atom. The fraction of sp³-hybridized carbons (Fsp3) is 0.917. The maximum absolute atomic E-state index is 11.7. The van der Waals surface area contributed by atoms with Crippen LogP contribution in [0, 0.1) is 5.92 Å². The number of halogens is 1. The summed E-state index contributed by atoms with van der Waals surface area (Å²) < 4.78 is 5.42. The molecule has 4 heteroatoms. The van der Waals surface area contributed by atoms with Crippen molar-refractivity contribution in [2.45, 2.75) is 44.6 Å². The van der Waals surface area contributed by atoms with Crippen LogP contribution in [0.25, 0.3) is 0 Å². The van der Waals surface area contributed by atoms with Crippen molar-refractivity contribution in [3.63, 3.8) is 0 Å². The van der Waals surface area contributed by atoms with Gasteiger partial charge >= 0.3 is 0 Å². The predicted octanol–water partition coefficient (Wildman–Crippen LogP) is 2.33. The van der Waals surface area contributed by atoms with E-state index in [9.17, 15) is 4.79 Å². The van der Waals surface area contributed by atoms with E-state index < -0.39 is 0 Å². The number of rotatable bonds is 7. The molecule has 0 radical (unpaired) electrons. The zero-order chi connectivity index (χ0) is 12.0. The van der Waals surface area contributed by atoms with Crippen molar-refractivity contribution in [3.8, 4) is 0 Å². The highest BCUT2D eigenvalue weighted by Crippen LogP contribution is 2.37. The molecule has 0 heterocycles. The van der Waals surface area contributed by atoms with Crippen LogP contribution in [0.1, 0.15) is 39.0 Å². The highest BCUT2D eigenvalue weighted by Gasteiger charge is 2.38. The molecule has 0 aromatic carbocycles. The molecule has 1 N–H and O–H groups in total. The molecule has 0 aromatic heterocycles. The lowest BCUT2D eigenvalue weighted by Crippen LogP contribution is -2.44. The summed E-state index contributed by atoms with van der Waals surface area (Å²) in [7, 11) is 1.70. The number of nitrogens with one attached hydrogen (secondary N) is 1. The van der Waals surface area contributed by atoms with Crippen LogP contribution in [0.4, 0.5) is 0 Å². The Labute approximate surface area is 103 Å². The number of carbonyl (C=O) groups excluding carboxylic acids is 1. The molecule has 1 aliphatic rings. The largest absolute Gasteiger partial charge is 0.378 e. The van der Waals surface area contributed by atoms with Gasteiger partial charge in [-0.1, -0.05) is 6.92 Å². The second kappa shape index (κ2) is 6.45. The van der Waals surface area contributed by atoms with E-state index in [1.165, 1.54) is 6.42 Å². The van der Waals surface area contributed by atoms with E-state index in [2.05, 4.69) is 12.2 Å². The van der Waals surface area contributed by atoms with Crippen LogP contribution in [-0.4, -0.2) is 31.0 Å². The van der Waals surface area contributed by atoms with Crippen LogP contribution in [0.5, 0.6) is 0 Å². The fourth-order valence-corrected chi connectivity index (χ4v) is 2.33. The molecule has 0 aromatic rings. The zero-order valence-electron chi connectivity index (χ0n) is 10.2. The number of amides is 1. The van der Waals surface area contributed by atoms with Crippen molar-refractivity contribution in [3.05, 3.63) is 0 Å². The molecule has 3 nitrogen and oxygen atoms in total. The molecule has 1 rings (SSSR count). The minimum Gasteiger partial charge on any atom is -0.378 e. The number of carbonyl (C=O) groups is 1. The lowest BCUT2D eigenvalue weighted by atomic mass is 9.77. The van der Waals surface area contributed by atoms with Crippen molar-refractivity contribution in [2.75, 3.05) is 19.5 Å². The van der Waals surface area contributed by atoms with Gasteiger partial charge in [-0.25, -0.2) is 0 Å². The van der Waals surface area contributed by atoms with E-state index in [1.807, 2.05) is 0 Å². The molecule has 94 valence electrons. The third-order valence-corrected chi connectivity index (χ3v) is 3.65. The van der Waals surface area contributed by atoms with Crippen molar-refractivity contribution in [2.24, 2.45) is 5.92 Å². The zero-order valence-corrected chi connectivity index (χ0v) is 11.0. The fourth-order valence-electron chi connectivity index (χ4n) is 1.96. The summed E-state index contributed by atoms with van der Waals surface area (Å²) in [4.78, 5) is 11.7. The Bertz CT molecular complexity index is 224. The first-order chi connectivity index (χ1) is 7.62. The molecule has 0 saturated heterocycles. The van der Waals surface area contributed by atoms with Crippen molar-refractivity contribution in [1.29, 1.82) is 0 Å². The van der Waals surface area contributed by atoms with Crippen LogP contribution < -0.4 is 5.32 Å². The number of ether oxygens (including phenoxy) is 1. The van der Waals surface area contributed by atoms with Gasteiger partial charge in [-0.05, 0) is 31.6 Å². The highest BCUT2D eigenvalue weighted by atomic mass is 35.5. The minimum atomic E-state index is -0.167. The van der Waals surface area contributed by atoms with Crippen LogP contribution in [0.3, 0.4) is 0 Å². The number of alkyl halides is 1. The second-order valence-electron chi connectivity index (χ2n) is 4.80. The molecular weight excluding hydrogens is 226 g/mol. The first kappa shape index (κ1) is 13.8. The summed E-state index contributed by atoms with van der Waals surface area (Å²) in [5, 5.41) is 2.95. The molecule has 0 bridgehead atoms. The summed E-state index contributed by atoms with van der Waals surface area (Å²) in [6, 6.07) is 0. The van der Waals surface area contributed by atoms with Gasteiger partial charge in [-0.3, -0.25) is 4.79 Å². The maximum atomic E-state index is 11.7. The Morgan fingerprint density at radius 1 is 1.56 bits per heavy atom. The first-order valence-corrected chi connectivity index (χ1v) is 6.53. The molecule has 1 atom stereocenters. The van der Waals surface area contributed by atoms with Gasteiger partial charge in [0.1, 0.15) is 0 Å². The maximum Gasteiger partial charge on any atom is 0.222 e. The van der Waals surface area contributed by atoms with Gasteiger partial charge in [0.05, 0.1) is 12.0 Å². The monoisotopic (exact) mass is 247 g/mol. The average Bonchev–Trinajstić information content (AvgIpc) is 2.21. The van der Waals surface area contributed by atoms with E-state index in [1.54, 1.807) is 7.11 Å². The molecule has 1 saturated carbocycles. The Morgan fingerprint density at radius 2 is 2.25 bits per heavy atom. The Balaban J connectivity index is 2.20. The SMILES string of the molecule is COC1(CC(=O)NCC(C)CCCl)CCC1. The number of methoxy groups -OCH3 is 1. The van der Waals surface area contributed by atoms with E-state index in [-0.39, 0.29) is 11.5 Å². The third-order valence-electron chi connectivity index (χ3n) is 3.43. The van der Waals surface area contributed by atoms with Crippen molar-refractivity contribution >= 4 is 17.5 Å². The molecular formula is C12H22ClNO2. The third kappa shape index (κ3) is 3.95. The van der Waals surface area contributed by atoms with Gasteiger partial charge in [-0.2, -0.15) is 0 Å². The summed E-state index contributed by atoms with van der Waals surface area (Å²) in [5.41, 5.74) is -0.167. The summed E-state index contributed by atoms with van der Waals surface area (Å²) in [6.45, 7) is 2.81. The molecule has 1 aliphatic carbocycles. The van der Waals surface area contributed by atoms with E-state index in [0.717, 1.165) is 19.3 Å². The van der Waals surface area contributed by atoms with Gasteiger partial charge in [0.15, 0.2) is 0 Å². The molecule has 1 amide bonds. The van der Waals surface area contributed by atoms with Gasteiger partial charge in [-0.15, -0.1) is 11.6 Å². The van der Waals surface area contributed by atoms with E-state index >= 15 is 0 Å². The van der Waals surface area contributed by atoms with Crippen LogP contribution in [0.15, 0.2) is 0 Å². The van der Waals surface area contributed by atoms with Gasteiger partial charge in [0.25, 0.3) is 0 Å². The quantitative estimate of drug-likeness (QED) is 0.702. The summed E-state index contributed by atoms with van der Waals surface area (Å²) in [5.74, 6) is 1.20.